The average molecular weight is 180 g/mol. The molecule has 1 rings (SSSR count). The summed E-state index contributed by atoms with van der Waals surface area (Å²) in [6, 6.07) is 3.50. The predicted octanol–water partition coefficient (Wildman–Crippen LogP) is 0.540. The number of carbonyl (C=O) groups excluding carboxylic acids is 1. The van der Waals surface area contributed by atoms with E-state index in [1.54, 1.807) is 12.1 Å². The van der Waals surface area contributed by atoms with Crippen LogP contribution in [0.15, 0.2) is 12.1 Å². The molecule has 4 heteroatoms. The Labute approximate surface area is 76.7 Å². The Bertz CT molecular complexity index is 323. The lowest BCUT2D eigenvalue weighted by Crippen LogP contribution is -2.16. The Balaban J connectivity index is 3.11. The van der Waals surface area contributed by atoms with Gasteiger partial charge in [-0.3, -0.25) is 4.79 Å². The Morgan fingerprint density at radius 3 is 2.85 bits per heavy atom. The number of aryl methyl sites for hydroxylation is 1. The second-order valence-corrected chi connectivity index (χ2v) is 2.65. The first-order chi connectivity index (χ1) is 6.19. The summed E-state index contributed by atoms with van der Waals surface area (Å²) in [5.41, 5.74) is 6.44. The fraction of sp³-hybridized carbons (Fsp3) is 0.333. The number of ether oxygens (including phenoxy) is 1. The molecule has 70 valence electrons. The van der Waals surface area contributed by atoms with Crippen molar-refractivity contribution in [3.8, 4) is 5.88 Å². The topological polar surface area (TPSA) is 65.2 Å². The van der Waals surface area contributed by atoms with Crippen molar-refractivity contribution in [1.29, 1.82) is 0 Å². The number of nitrogens with two attached hydrogens (primary N) is 1. The lowest BCUT2D eigenvalue weighted by Gasteiger charge is -2.04. The van der Waals surface area contributed by atoms with Crippen molar-refractivity contribution in [2.24, 2.45) is 5.73 Å². The fourth-order valence-electron chi connectivity index (χ4n) is 1.00. The quantitative estimate of drug-likeness (QED) is 0.689. The highest BCUT2D eigenvalue weighted by atomic mass is 16.5. The first kappa shape index (κ1) is 9.67. The molecule has 0 aromatic carbocycles. The van der Waals surface area contributed by atoms with Crippen LogP contribution in [-0.4, -0.2) is 24.4 Å². The van der Waals surface area contributed by atoms with Crippen LogP contribution in [0.25, 0.3) is 0 Å². The standard InChI is InChI=1S/C9H12N2O2/c1-6-3-4-8(13-2)11-9(6)7(12)5-10/h3-4H,5,10H2,1-2H3. The van der Waals surface area contributed by atoms with Crippen molar-refractivity contribution in [2.45, 2.75) is 6.92 Å². The van der Waals surface area contributed by atoms with E-state index in [-0.39, 0.29) is 12.3 Å². The number of hydrogen-bond acceptors (Lipinski definition) is 4. The SMILES string of the molecule is COc1ccc(C)c(C(=O)CN)n1. The molecule has 13 heavy (non-hydrogen) atoms. The molecule has 1 aromatic rings. The number of methoxy groups -OCH3 is 1. The van der Waals surface area contributed by atoms with Crippen LogP contribution in [-0.2, 0) is 0 Å². The van der Waals surface area contributed by atoms with Gasteiger partial charge in [0, 0.05) is 6.07 Å². The summed E-state index contributed by atoms with van der Waals surface area (Å²) in [7, 11) is 1.51. The molecule has 0 unspecified atom stereocenters. The summed E-state index contributed by atoms with van der Waals surface area (Å²) in [5.74, 6) is 0.263. The van der Waals surface area contributed by atoms with Gasteiger partial charge >= 0.3 is 0 Å². The zero-order valence-corrected chi connectivity index (χ0v) is 7.70. The summed E-state index contributed by atoms with van der Waals surface area (Å²) in [6.45, 7) is 1.79. The maximum atomic E-state index is 11.3. The van der Waals surface area contributed by atoms with Crippen molar-refractivity contribution < 1.29 is 9.53 Å². The van der Waals surface area contributed by atoms with E-state index >= 15 is 0 Å². The molecule has 0 aliphatic rings. The summed E-state index contributed by atoms with van der Waals surface area (Å²) in [5, 5.41) is 0. The Morgan fingerprint density at radius 2 is 2.31 bits per heavy atom. The third-order valence-electron chi connectivity index (χ3n) is 1.73. The molecule has 0 aliphatic carbocycles. The van der Waals surface area contributed by atoms with E-state index in [9.17, 15) is 4.79 Å². The van der Waals surface area contributed by atoms with Crippen molar-refractivity contribution in [3.63, 3.8) is 0 Å². The molecule has 0 atom stereocenters. The molecule has 0 radical (unpaired) electrons. The normalized spacial score (nSPS) is 9.77. The molecule has 0 saturated carbocycles. The smallest absolute Gasteiger partial charge is 0.213 e. The van der Waals surface area contributed by atoms with Crippen LogP contribution in [0.2, 0.25) is 0 Å². The Kier molecular flexibility index (Phi) is 2.97. The molecular weight excluding hydrogens is 168 g/mol. The van der Waals surface area contributed by atoms with Gasteiger partial charge in [0.05, 0.1) is 13.7 Å². The van der Waals surface area contributed by atoms with Crippen LogP contribution in [0.1, 0.15) is 16.1 Å². The van der Waals surface area contributed by atoms with Gasteiger partial charge in [0.1, 0.15) is 5.69 Å². The Hall–Kier alpha value is -1.42. The number of nitrogens with zero attached hydrogens (tertiary/aromatic N) is 1. The molecule has 0 amide bonds. The van der Waals surface area contributed by atoms with Crippen LogP contribution >= 0.6 is 0 Å². The molecule has 2 N–H and O–H groups in total. The van der Waals surface area contributed by atoms with Gasteiger partial charge in [-0.1, -0.05) is 6.07 Å². The first-order valence-corrected chi connectivity index (χ1v) is 3.94. The number of hydrogen-bond donors (Lipinski definition) is 1. The molecule has 0 spiro atoms. The molecule has 0 aliphatic heterocycles. The molecule has 0 fully saturated rings. The fourth-order valence-corrected chi connectivity index (χ4v) is 1.00. The maximum Gasteiger partial charge on any atom is 0.213 e. The van der Waals surface area contributed by atoms with Crippen LogP contribution in [0.5, 0.6) is 5.88 Å². The Morgan fingerprint density at radius 1 is 1.62 bits per heavy atom. The molecule has 4 nitrogen and oxygen atoms in total. The van der Waals surface area contributed by atoms with E-state index in [1.807, 2.05) is 6.92 Å². The van der Waals surface area contributed by atoms with Crippen molar-refractivity contribution >= 4 is 5.78 Å². The van der Waals surface area contributed by atoms with E-state index in [2.05, 4.69) is 4.98 Å². The van der Waals surface area contributed by atoms with Gasteiger partial charge in [-0.15, -0.1) is 0 Å². The highest BCUT2D eigenvalue weighted by molar-refractivity contribution is 5.97. The van der Waals surface area contributed by atoms with Gasteiger partial charge in [-0.2, -0.15) is 0 Å². The molecule has 0 bridgehead atoms. The third-order valence-corrected chi connectivity index (χ3v) is 1.73. The molecular formula is C9H12N2O2. The van der Waals surface area contributed by atoms with Crippen LogP contribution in [0, 0.1) is 6.92 Å². The van der Waals surface area contributed by atoms with Gasteiger partial charge in [-0.25, -0.2) is 4.98 Å². The zero-order valence-electron chi connectivity index (χ0n) is 7.70. The molecule has 1 aromatic heterocycles. The number of carbonyl (C=O) groups is 1. The van der Waals surface area contributed by atoms with Crippen molar-refractivity contribution in [1.82, 2.24) is 4.98 Å². The van der Waals surface area contributed by atoms with E-state index in [4.69, 9.17) is 10.5 Å². The second kappa shape index (κ2) is 4.00. The van der Waals surface area contributed by atoms with Crippen LogP contribution < -0.4 is 10.5 Å². The average Bonchev–Trinajstić information content (AvgIpc) is 2.17. The lowest BCUT2D eigenvalue weighted by molar-refractivity contribution is 0.0995. The van der Waals surface area contributed by atoms with Gasteiger partial charge < -0.3 is 10.5 Å². The van der Waals surface area contributed by atoms with E-state index < -0.39 is 0 Å². The van der Waals surface area contributed by atoms with Gasteiger partial charge in [0.15, 0.2) is 5.78 Å². The number of aromatic nitrogens is 1. The molecule has 1 heterocycles. The third kappa shape index (κ3) is 2.03. The summed E-state index contributed by atoms with van der Waals surface area (Å²) >= 11 is 0. The number of rotatable bonds is 3. The minimum atomic E-state index is -0.170. The predicted molar refractivity (Wildman–Crippen MR) is 48.9 cm³/mol. The summed E-state index contributed by atoms with van der Waals surface area (Å²) < 4.78 is 4.90. The zero-order chi connectivity index (χ0) is 9.84. The van der Waals surface area contributed by atoms with Crippen molar-refractivity contribution in [2.75, 3.05) is 13.7 Å². The minimum Gasteiger partial charge on any atom is -0.481 e. The van der Waals surface area contributed by atoms with E-state index in [0.29, 0.717) is 11.6 Å². The largest absolute Gasteiger partial charge is 0.481 e. The number of Topliss-reactive ketones (excluding diaryl/α,β-unsaturated/α-hetero) is 1. The molecule has 0 saturated heterocycles. The van der Waals surface area contributed by atoms with E-state index in [0.717, 1.165) is 5.56 Å². The van der Waals surface area contributed by atoms with Gasteiger partial charge in [0.25, 0.3) is 0 Å². The summed E-state index contributed by atoms with van der Waals surface area (Å²) in [4.78, 5) is 15.3. The number of pyridine rings is 1. The van der Waals surface area contributed by atoms with Crippen LogP contribution in [0.3, 0.4) is 0 Å². The summed E-state index contributed by atoms with van der Waals surface area (Å²) in [6.07, 6.45) is 0. The van der Waals surface area contributed by atoms with Crippen molar-refractivity contribution in [3.05, 3.63) is 23.4 Å². The first-order valence-electron chi connectivity index (χ1n) is 3.94. The second-order valence-electron chi connectivity index (χ2n) is 2.65. The lowest BCUT2D eigenvalue weighted by atomic mass is 10.1. The van der Waals surface area contributed by atoms with E-state index in [1.165, 1.54) is 7.11 Å². The maximum absolute atomic E-state index is 11.3. The highest BCUT2D eigenvalue weighted by Crippen LogP contribution is 2.11. The van der Waals surface area contributed by atoms with Gasteiger partial charge in [-0.05, 0) is 12.5 Å². The minimum absolute atomic E-state index is 0.0268. The van der Waals surface area contributed by atoms with Crippen LogP contribution in [0.4, 0.5) is 0 Å². The highest BCUT2D eigenvalue weighted by Gasteiger charge is 2.09. The number of ketones is 1. The van der Waals surface area contributed by atoms with Gasteiger partial charge in [0.2, 0.25) is 5.88 Å². The monoisotopic (exact) mass is 180 g/mol.